The van der Waals surface area contributed by atoms with Crippen molar-refractivity contribution in [3.63, 3.8) is 0 Å². The molecule has 2 aliphatic rings. The second-order valence-corrected chi connectivity index (χ2v) is 6.32. The lowest BCUT2D eigenvalue weighted by atomic mass is 10.0. The normalized spacial score (nSPS) is 22.3. The van der Waals surface area contributed by atoms with Crippen LogP contribution in [0.3, 0.4) is 0 Å². The number of carbonyl (C=O) groups is 1. The Labute approximate surface area is 126 Å². The summed E-state index contributed by atoms with van der Waals surface area (Å²) in [5.74, 6) is 0.160. The molecule has 1 unspecified atom stereocenters. The Hall–Kier alpha value is -1.36. The first-order valence-corrected chi connectivity index (χ1v) is 8.28. The van der Waals surface area contributed by atoms with Crippen molar-refractivity contribution < 1.29 is 4.79 Å². The van der Waals surface area contributed by atoms with Crippen molar-refractivity contribution in [2.45, 2.75) is 64.6 Å². The highest BCUT2D eigenvalue weighted by Crippen LogP contribution is 2.29. The monoisotopic (exact) mass is 290 g/mol. The molecule has 116 valence electrons. The largest absolute Gasteiger partial charge is 0.333 e. The molecule has 1 aliphatic carbocycles. The maximum absolute atomic E-state index is 12.9. The maximum atomic E-state index is 12.9. The highest BCUT2D eigenvalue weighted by molar-refractivity contribution is 5.93. The lowest BCUT2D eigenvalue weighted by Crippen LogP contribution is -2.47. The average molecular weight is 290 g/mol. The number of hydrogen-bond donors (Lipinski definition) is 1. The zero-order chi connectivity index (χ0) is 14.8. The van der Waals surface area contributed by atoms with Gasteiger partial charge in [0, 0.05) is 25.2 Å². The molecule has 1 amide bonds. The number of aromatic nitrogens is 2. The minimum atomic E-state index is 0.160. The van der Waals surface area contributed by atoms with Gasteiger partial charge in [0.15, 0.2) is 0 Å². The van der Waals surface area contributed by atoms with Crippen LogP contribution in [0.25, 0.3) is 0 Å². The summed E-state index contributed by atoms with van der Waals surface area (Å²) in [6.07, 6.45) is 6.02. The van der Waals surface area contributed by atoms with Crippen molar-refractivity contribution >= 4 is 5.91 Å². The molecule has 1 aliphatic heterocycles. The van der Waals surface area contributed by atoms with E-state index in [1.54, 1.807) is 0 Å². The fourth-order valence-electron chi connectivity index (χ4n) is 3.21. The highest BCUT2D eigenvalue weighted by atomic mass is 16.2. The van der Waals surface area contributed by atoms with Gasteiger partial charge in [-0.2, -0.15) is 5.10 Å². The Morgan fingerprint density at radius 1 is 1.43 bits per heavy atom. The molecule has 1 saturated carbocycles. The van der Waals surface area contributed by atoms with E-state index >= 15 is 0 Å². The van der Waals surface area contributed by atoms with Gasteiger partial charge in [-0.15, -0.1) is 0 Å². The smallest absolute Gasteiger partial charge is 0.272 e. The first-order chi connectivity index (χ1) is 10.2. The van der Waals surface area contributed by atoms with Crippen LogP contribution in [-0.4, -0.2) is 45.8 Å². The molecule has 5 heteroatoms. The molecule has 1 saturated heterocycles. The molecule has 0 aromatic carbocycles. The van der Waals surface area contributed by atoms with Crippen LogP contribution in [-0.2, 0) is 6.54 Å². The fourth-order valence-corrected chi connectivity index (χ4v) is 3.21. The number of nitrogens with zero attached hydrogens (tertiary/aromatic N) is 3. The second kappa shape index (κ2) is 6.18. The topological polar surface area (TPSA) is 50.2 Å². The molecule has 0 spiro atoms. The Morgan fingerprint density at radius 3 is 2.86 bits per heavy atom. The van der Waals surface area contributed by atoms with Gasteiger partial charge in [-0.1, -0.05) is 6.42 Å². The van der Waals surface area contributed by atoms with E-state index in [0.29, 0.717) is 12.1 Å². The third kappa shape index (κ3) is 3.28. The number of amides is 1. The molecule has 2 heterocycles. The van der Waals surface area contributed by atoms with Crippen LogP contribution in [0.4, 0.5) is 0 Å². The molecule has 1 atom stereocenters. The third-order valence-corrected chi connectivity index (χ3v) is 4.50. The summed E-state index contributed by atoms with van der Waals surface area (Å²) in [5, 5.41) is 7.97. The zero-order valence-corrected chi connectivity index (χ0v) is 13.1. The van der Waals surface area contributed by atoms with E-state index in [-0.39, 0.29) is 5.91 Å². The summed E-state index contributed by atoms with van der Waals surface area (Å²) in [4.78, 5) is 15.0. The minimum absolute atomic E-state index is 0.160. The van der Waals surface area contributed by atoms with E-state index in [0.717, 1.165) is 43.9 Å². The Morgan fingerprint density at radius 2 is 2.24 bits per heavy atom. The molecule has 5 nitrogen and oxygen atoms in total. The quantitative estimate of drug-likeness (QED) is 0.902. The molecule has 1 aromatic heterocycles. The van der Waals surface area contributed by atoms with E-state index in [4.69, 9.17) is 0 Å². The van der Waals surface area contributed by atoms with Gasteiger partial charge in [0.2, 0.25) is 0 Å². The van der Waals surface area contributed by atoms with Crippen molar-refractivity contribution in [3.05, 3.63) is 17.5 Å². The van der Waals surface area contributed by atoms with Crippen LogP contribution in [0.15, 0.2) is 6.07 Å². The molecule has 3 rings (SSSR count). The molecule has 2 fully saturated rings. The molecule has 0 radical (unpaired) electrons. The lowest BCUT2D eigenvalue weighted by molar-refractivity contribution is 0.0705. The van der Waals surface area contributed by atoms with Crippen LogP contribution in [0, 0.1) is 6.92 Å². The van der Waals surface area contributed by atoms with Gasteiger partial charge in [0.25, 0.3) is 5.91 Å². The summed E-state index contributed by atoms with van der Waals surface area (Å²) >= 11 is 0. The Kier molecular flexibility index (Phi) is 4.29. The number of carbonyl (C=O) groups excluding carboxylic acids is 1. The van der Waals surface area contributed by atoms with E-state index in [2.05, 4.69) is 15.3 Å². The van der Waals surface area contributed by atoms with Crippen LogP contribution in [0.1, 0.15) is 55.2 Å². The van der Waals surface area contributed by atoms with Crippen LogP contribution in [0.5, 0.6) is 0 Å². The summed E-state index contributed by atoms with van der Waals surface area (Å²) in [6.45, 7) is 6.66. The number of rotatable bonds is 5. The van der Waals surface area contributed by atoms with Crippen molar-refractivity contribution in [2.24, 2.45) is 0 Å². The summed E-state index contributed by atoms with van der Waals surface area (Å²) < 4.78 is 1.83. The second-order valence-electron chi connectivity index (χ2n) is 6.32. The predicted molar refractivity (Wildman–Crippen MR) is 82.3 cm³/mol. The Balaban J connectivity index is 1.74. The van der Waals surface area contributed by atoms with Gasteiger partial charge >= 0.3 is 0 Å². The molecular formula is C16H26N4O. The highest BCUT2D eigenvalue weighted by Gasteiger charge is 2.35. The van der Waals surface area contributed by atoms with Crippen LogP contribution in [0.2, 0.25) is 0 Å². The van der Waals surface area contributed by atoms with Gasteiger partial charge < -0.3 is 10.2 Å². The molecule has 1 aromatic rings. The van der Waals surface area contributed by atoms with Gasteiger partial charge in [0.1, 0.15) is 5.69 Å². The maximum Gasteiger partial charge on any atom is 0.272 e. The van der Waals surface area contributed by atoms with Crippen LogP contribution < -0.4 is 5.32 Å². The first-order valence-electron chi connectivity index (χ1n) is 8.28. The van der Waals surface area contributed by atoms with Crippen molar-refractivity contribution in [1.82, 2.24) is 20.0 Å². The minimum Gasteiger partial charge on any atom is -0.333 e. The van der Waals surface area contributed by atoms with Gasteiger partial charge in [0.05, 0.1) is 5.69 Å². The first kappa shape index (κ1) is 14.6. The van der Waals surface area contributed by atoms with Gasteiger partial charge in [-0.05, 0) is 52.1 Å². The fraction of sp³-hybridized carbons (Fsp3) is 0.750. The number of hydrogen-bond acceptors (Lipinski definition) is 3. The predicted octanol–water partition coefficient (Wildman–Crippen LogP) is 1.96. The summed E-state index contributed by atoms with van der Waals surface area (Å²) in [6, 6.07) is 2.83. The summed E-state index contributed by atoms with van der Waals surface area (Å²) in [7, 11) is 0. The Bertz CT molecular complexity index is 500. The van der Waals surface area contributed by atoms with E-state index < -0.39 is 0 Å². The average Bonchev–Trinajstić information content (AvgIpc) is 3.27. The van der Waals surface area contributed by atoms with Gasteiger partial charge in [-0.25, -0.2) is 0 Å². The lowest BCUT2D eigenvalue weighted by Gasteiger charge is -2.30. The molecular weight excluding hydrogens is 264 g/mol. The number of aryl methyl sites for hydroxylation is 2. The molecule has 1 N–H and O–H groups in total. The number of piperidine rings is 1. The van der Waals surface area contributed by atoms with Crippen molar-refractivity contribution in [2.75, 3.05) is 13.1 Å². The molecule has 21 heavy (non-hydrogen) atoms. The van der Waals surface area contributed by atoms with E-state index in [1.807, 2.05) is 24.6 Å². The van der Waals surface area contributed by atoms with E-state index in [9.17, 15) is 4.79 Å². The molecule has 0 bridgehead atoms. The van der Waals surface area contributed by atoms with Crippen molar-refractivity contribution in [1.29, 1.82) is 0 Å². The SMILES string of the molecule is CCn1nc(C)cc1C(=O)N(CC1CCCCN1)C1CC1. The summed E-state index contributed by atoms with van der Waals surface area (Å²) in [5.41, 5.74) is 1.67. The van der Waals surface area contributed by atoms with Crippen LogP contribution >= 0.6 is 0 Å². The van der Waals surface area contributed by atoms with E-state index in [1.165, 1.54) is 19.3 Å². The zero-order valence-electron chi connectivity index (χ0n) is 13.1. The third-order valence-electron chi connectivity index (χ3n) is 4.50. The number of nitrogens with one attached hydrogen (secondary N) is 1. The van der Waals surface area contributed by atoms with Crippen molar-refractivity contribution in [3.8, 4) is 0 Å². The van der Waals surface area contributed by atoms with Gasteiger partial charge in [-0.3, -0.25) is 9.48 Å². The standard InChI is InChI=1S/C16H26N4O/c1-3-20-15(10-12(2)18-20)16(21)19(14-7-8-14)11-13-6-4-5-9-17-13/h10,13-14,17H,3-9,11H2,1-2H3.